The fourth-order valence-electron chi connectivity index (χ4n) is 1.50. The van der Waals surface area contributed by atoms with Gasteiger partial charge < -0.3 is 15.0 Å². The molecular formula is C10H20N2O2. The van der Waals surface area contributed by atoms with Crippen LogP contribution in [-0.4, -0.2) is 51.2 Å². The van der Waals surface area contributed by atoms with Crippen molar-refractivity contribution >= 4 is 5.91 Å². The first-order chi connectivity index (χ1) is 6.70. The van der Waals surface area contributed by atoms with Gasteiger partial charge in [-0.1, -0.05) is 0 Å². The van der Waals surface area contributed by atoms with Gasteiger partial charge >= 0.3 is 0 Å². The second-order valence-electron chi connectivity index (χ2n) is 3.99. The standard InChI is InChI=1S/C10H20N2O2/c1-12(2)10(13)8-14-6-4-9-3-5-11-7-9/h9,11H,3-8H2,1-2H3. The lowest BCUT2D eigenvalue weighted by molar-refractivity contribution is -0.133. The summed E-state index contributed by atoms with van der Waals surface area (Å²) in [6, 6.07) is 0. The first-order valence-electron chi connectivity index (χ1n) is 5.18. The Bertz CT molecular complexity index is 177. The van der Waals surface area contributed by atoms with E-state index >= 15 is 0 Å². The fourth-order valence-corrected chi connectivity index (χ4v) is 1.50. The third-order valence-corrected chi connectivity index (χ3v) is 2.56. The molecule has 0 spiro atoms. The summed E-state index contributed by atoms with van der Waals surface area (Å²) >= 11 is 0. The van der Waals surface area contributed by atoms with Gasteiger partial charge in [-0.2, -0.15) is 0 Å². The van der Waals surface area contributed by atoms with Gasteiger partial charge in [0.15, 0.2) is 0 Å². The van der Waals surface area contributed by atoms with Crippen molar-refractivity contribution in [2.45, 2.75) is 12.8 Å². The molecule has 1 aliphatic rings. The number of rotatable bonds is 5. The highest BCUT2D eigenvalue weighted by molar-refractivity contribution is 5.76. The van der Waals surface area contributed by atoms with Crippen LogP contribution in [0, 0.1) is 5.92 Å². The molecule has 0 bridgehead atoms. The number of amides is 1. The zero-order valence-electron chi connectivity index (χ0n) is 9.08. The van der Waals surface area contributed by atoms with Crippen LogP contribution in [0.25, 0.3) is 0 Å². The highest BCUT2D eigenvalue weighted by Gasteiger charge is 2.14. The molecule has 1 saturated heterocycles. The molecule has 0 aromatic heterocycles. The van der Waals surface area contributed by atoms with E-state index in [4.69, 9.17) is 4.74 Å². The summed E-state index contributed by atoms with van der Waals surface area (Å²) in [5, 5.41) is 3.31. The average Bonchev–Trinajstić information content (AvgIpc) is 2.64. The Labute approximate surface area is 85.6 Å². The van der Waals surface area contributed by atoms with E-state index in [9.17, 15) is 4.79 Å². The van der Waals surface area contributed by atoms with Crippen molar-refractivity contribution in [3.8, 4) is 0 Å². The Morgan fingerprint density at radius 2 is 2.36 bits per heavy atom. The van der Waals surface area contributed by atoms with Crippen LogP contribution in [0.4, 0.5) is 0 Å². The summed E-state index contributed by atoms with van der Waals surface area (Å²) in [6.45, 7) is 3.14. The van der Waals surface area contributed by atoms with Gasteiger partial charge in [-0.15, -0.1) is 0 Å². The monoisotopic (exact) mass is 200 g/mol. The highest BCUT2D eigenvalue weighted by atomic mass is 16.5. The molecule has 1 atom stereocenters. The molecule has 0 aromatic rings. The van der Waals surface area contributed by atoms with Crippen molar-refractivity contribution in [1.82, 2.24) is 10.2 Å². The molecular weight excluding hydrogens is 180 g/mol. The van der Waals surface area contributed by atoms with Crippen LogP contribution in [0.5, 0.6) is 0 Å². The Balaban J connectivity index is 1.96. The first kappa shape index (κ1) is 11.5. The summed E-state index contributed by atoms with van der Waals surface area (Å²) in [5.41, 5.74) is 0. The SMILES string of the molecule is CN(C)C(=O)COCCC1CCNC1. The van der Waals surface area contributed by atoms with Crippen LogP contribution in [-0.2, 0) is 9.53 Å². The van der Waals surface area contributed by atoms with Gasteiger partial charge in [-0.3, -0.25) is 4.79 Å². The molecule has 1 rings (SSSR count). The number of ether oxygens (including phenoxy) is 1. The van der Waals surface area contributed by atoms with Crippen molar-refractivity contribution in [3.05, 3.63) is 0 Å². The number of hydrogen-bond acceptors (Lipinski definition) is 3. The number of likely N-dealkylation sites (N-methyl/N-ethyl adjacent to an activating group) is 1. The van der Waals surface area contributed by atoms with E-state index in [-0.39, 0.29) is 12.5 Å². The molecule has 1 N–H and O–H groups in total. The van der Waals surface area contributed by atoms with Gasteiger partial charge in [-0.05, 0) is 31.8 Å². The molecule has 0 radical (unpaired) electrons. The molecule has 1 unspecified atom stereocenters. The van der Waals surface area contributed by atoms with Crippen LogP contribution in [0.2, 0.25) is 0 Å². The first-order valence-corrected chi connectivity index (χ1v) is 5.18. The van der Waals surface area contributed by atoms with E-state index in [0.29, 0.717) is 6.61 Å². The summed E-state index contributed by atoms with van der Waals surface area (Å²) in [4.78, 5) is 12.7. The van der Waals surface area contributed by atoms with Crippen molar-refractivity contribution in [1.29, 1.82) is 0 Å². The van der Waals surface area contributed by atoms with Gasteiger partial charge in [0.1, 0.15) is 6.61 Å². The summed E-state index contributed by atoms with van der Waals surface area (Å²) < 4.78 is 5.30. The van der Waals surface area contributed by atoms with Gasteiger partial charge in [0.05, 0.1) is 0 Å². The van der Waals surface area contributed by atoms with Crippen molar-refractivity contribution in [2.24, 2.45) is 5.92 Å². The van der Waals surface area contributed by atoms with E-state index in [2.05, 4.69) is 5.32 Å². The Kier molecular flexibility index (Phi) is 4.90. The van der Waals surface area contributed by atoms with E-state index in [1.165, 1.54) is 6.42 Å². The second kappa shape index (κ2) is 5.98. The normalized spacial score (nSPS) is 21.1. The van der Waals surface area contributed by atoms with Gasteiger partial charge in [0.2, 0.25) is 5.91 Å². The molecule has 1 fully saturated rings. The maximum atomic E-state index is 11.1. The van der Waals surface area contributed by atoms with Crippen LogP contribution >= 0.6 is 0 Å². The van der Waals surface area contributed by atoms with E-state index in [1.807, 2.05) is 0 Å². The van der Waals surface area contributed by atoms with E-state index in [0.717, 1.165) is 25.4 Å². The van der Waals surface area contributed by atoms with E-state index < -0.39 is 0 Å². The summed E-state index contributed by atoms with van der Waals surface area (Å²) in [5.74, 6) is 0.777. The number of nitrogens with one attached hydrogen (secondary N) is 1. The Morgan fingerprint density at radius 1 is 1.57 bits per heavy atom. The van der Waals surface area contributed by atoms with E-state index in [1.54, 1.807) is 19.0 Å². The molecule has 4 nitrogen and oxygen atoms in total. The summed E-state index contributed by atoms with van der Waals surface area (Å²) in [7, 11) is 3.49. The summed E-state index contributed by atoms with van der Waals surface area (Å²) in [6.07, 6.45) is 2.30. The maximum absolute atomic E-state index is 11.1. The van der Waals surface area contributed by atoms with Crippen LogP contribution < -0.4 is 5.32 Å². The Morgan fingerprint density at radius 3 is 2.93 bits per heavy atom. The largest absolute Gasteiger partial charge is 0.372 e. The lowest BCUT2D eigenvalue weighted by Gasteiger charge is -2.11. The van der Waals surface area contributed by atoms with Crippen LogP contribution in [0.1, 0.15) is 12.8 Å². The molecule has 0 aliphatic carbocycles. The number of carbonyl (C=O) groups excluding carboxylic acids is 1. The molecule has 14 heavy (non-hydrogen) atoms. The lowest BCUT2D eigenvalue weighted by atomic mass is 10.1. The zero-order valence-corrected chi connectivity index (χ0v) is 9.08. The number of carbonyl (C=O) groups is 1. The Hall–Kier alpha value is -0.610. The van der Waals surface area contributed by atoms with Crippen molar-refractivity contribution in [2.75, 3.05) is 40.4 Å². The van der Waals surface area contributed by atoms with Crippen LogP contribution in [0.3, 0.4) is 0 Å². The number of hydrogen-bond donors (Lipinski definition) is 1. The third-order valence-electron chi connectivity index (χ3n) is 2.56. The predicted molar refractivity (Wildman–Crippen MR) is 55.1 cm³/mol. The second-order valence-corrected chi connectivity index (χ2v) is 3.99. The molecule has 1 amide bonds. The van der Waals surface area contributed by atoms with Crippen molar-refractivity contribution in [3.63, 3.8) is 0 Å². The number of nitrogens with zero attached hydrogens (tertiary/aromatic N) is 1. The predicted octanol–water partition coefficient (Wildman–Crippen LogP) is 0.0908. The minimum Gasteiger partial charge on any atom is -0.372 e. The third kappa shape index (κ3) is 4.07. The lowest BCUT2D eigenvalue weighted by Crippen LogP contribution is -2.26. The molecule has 0 saturated carbocycles. The van der Waals surface area contributed by atoms with Crippen molar-refractivity contribution < 1.29 is 9.53 Å². The van der Waals surface area contributed by atoms with Gasteiger partial charge in [0.25, 0.3) is 0 Å². The molecule has 1 heterocycles. The highest BCUT2D eigenvalue weighted by Crippen LogP contribution is 2.11. The zero-order chi connectivity index (χ0) is 10.4. The quantitative estimate of drug-likeness (QED) is 0.640. The minimum absolute atomic E-state index is 0.0366. The molecule has 0 aromatic carbocycles. The van der Waals surface area contributed by atoms with Gasteiger partial charge in [-0.25, -0.2) is 0 Å². The molecule has 1 aliphatic heterocycles. The topological polar surface area (TPSA) is 41.6 Å². The fraction of sp³-hybridized carbons (Fsp3) is 0.900. The molecule has 82 valence electrons. The minimum atomic E-state index is 0.0366. The van der Waals surface area contributed by atoms with Gasteiger partial charge in [0, 0.05) is 20.7 Å². The average molecular weight is 200 g/mol. The maximum Gasteiger partial charge on any atom is 0.248 e. The smallest absolute Gasteiger partial charge is 0.248 e. The van der Waals surface area contributed by atoms with Crippen LogP contribution in [0.15, 0.2) is 0 Å². The molecule has 4 heteroatoms.